The molecule has 0 saturated heterocycles. The summed E-state index contributed by atoms with van der Waals surface area (Å²) in [6.07, 6.45) is 7.91. The van der Waals surface area contributed by atoms with E-state index in [2.05, 4.69) is 24.1 Å². The van der Waals surface area contributed by atoms with Crippen molar-refractivity contribution >= 4 is 5.91 Å². The first kappa shape index (κ1) is 12.8. The van der Waals surface area contributed by atoms with Crippen molar-refractivity contribution in [1.82, 2.24) is 10.3 Å². The number of amides is 1. The SMILES string of the molecule is CCCC(CCC)C(=O)NCc1cc[nH]c1. The Hall–Kier alpha value is -1.25. The number of aromatic nitrogens is 1. The van der Waals surface area contributed by atoms with Gasteiger partial charge in [-0.1, -0.05) is 26.7 Å². The standard InChI is InChI=1S/C13H22N2O/c1-3-5-12(6-4-2)13(16)15-10-11-7-8-14-9-11/h7-9,12,14H,3-6,10H2,1-2H3,(H,15,16). The molecule has 16 heavy (non-hydrogen) atoms. The lowest BCUT2D eigenvalue weighted by Crippen LogP contribution is -2.30. The lowest BCUT2D eigenvalue weighted by atomic mass is 9.97. The molecule has 0 saturated carbocycles. The van der Waals surface area contributed by atoms with Crippen LogP contribution < -0.4 is 5.32 Å². The number of carbonyl (C=O) groups excluding carboxylic acids is 1. The van der Waals surface area contributed by atoms with E-state index < -0.39 is 0 Å². The van der Waals surface area contributed by atoms with Crippen LogP contribution in [-0.2, 0) is 11.3 Å². The summed E-state index contributed by atoms with van der Waals surface area (Å²) in [6.45, 7) is 4.89. The molecule has 0 aliphatic carbocycles. The van der Waals surface area contributed by atoms with Crippen molar-refractivity contribution in [3.63, 3.8) is 0 Å². The average Bonchev–Trinajstić information content (AvgIpc) is 2.78. The van der Waals surface area contributed by atoms with Gasteiger partial charge < -0.3 is 10.3 Å². The van der Waals surface area contributed by atoms with E-state index in [-0.39, 0.29) is 11.8 Å². The molecule has 1 rings (SSSR count). The Balaban J connectivity index is 2.36. The van der Waals surface area contributed by atoms with E-state index in [1.807, 2.05) is 18.5 Å². The molecular formula is C13H22N2O. The van der Waals surface area contributed by atoms with Crippen molar-refractivity contribution in [3.8, 4) is 0 Å². The van der Waals surface area contributed by atoms with Gasteiger partial charge in [-0.25, -0.2) is 0 Å². The predicted molar refractivity (Wildman–Crippen MR) is 65.9 cm³/mol. The molecule has 0 aliphatic rings. The molecule has 0 aromatic carbocycles. The largest absolute Gasteiger partial charge is 0.367 e. The van der Waals surface area contributed by atoms with E-state index in [1.165, 1.54) is 0 Å². The molecule has 0 bridgehead atoms. The van der Waals surface area contributed by atoms with Gasteiger partial charge in [0.25, 0.3) is 0 Å². The van der Waals surface area contributed by atoms with Crippen LogP contribution in [0.5, 0.6) is 0 Å². The number of nitrogens with one attached hydrogen (secondary N) is 2. The average molecular weight is 222 g/mol. The Kier molecular flexibility index (Phi) is 5.68. The summed E-state index contributed by atoms with van der Waals surface area (Å²) in [5.41, 5.74) is 1.13. The second kappa shape index (κ2) is 7.09. The highest BCUT2D eigenvalue weighted by molar-refractivity contribution is 5.78. The monoisotopic (exact) mass is 222 g/mol. The fourth-order valence-corrected chi connectivity index (χ4v) is 1.91. The van der Waals surface area contributed by atoms with Crippen molar-refractivity contribution in [2.75, 3.05) is 0 Å². The highest BCUT2D eigenvalue weighted by Gasteiger charge is 2.15. The summed E-state index contributed by atoms with van der Waals surface area (Å²) < 4.78 is 0. The van der Waals surface area contributed by atoms with Crippen LogP contribution in [0.3, 0.4) is 0 Å². The number of hydrogen-bond donors (Lipinski definition) is 2. The summed E-state index contributed by atoms with van der Waals surface area (Å²) in [4.78, 5) is 14.9. The Morgan fingerprint density at radius 3 is 2.56 bits per heavy atom. The number of carbonyl (C=O) groups is 1. The fraction of sp³-hybridized carbons (Fsp3) is 0.615. The highest BCUT2D eigenvalue weighted by atomic mass is 16.1. The van der Waals surface area contributed by atoms with Crippen LogP contribution in [-0.4, -0.2) is 10.9 Å². The van der Waals surface area contributed by atoms with Gasteiger partial charge in [-0.05, 0) is 24.5 Å². The molecule has 0 fully saturated rings. The minimum Gasteiger partial charge on any atom is -0.367 e. The van der Waals surface area contributed by atoms with E-state index in [9.17, 15) is 4.79 Å². The smallest absolute Gasteiger partial charge is 0.223 e. The second-order valence-electron chi connectivity index (χ2n) is 4.21. The first-order valence-electron chi connectivity index (χ1n) is 6.17. The van der Waals surface area contributed by atoms with E-state index in [0.29, 0.717) is 6.54 Å². The minimum absolute atomic E-state index is 0.189. The molecule has 3 heteroatoms. The molecule has 3 nitrogen and oxygen atoms in total. The molecule has 0 spiro atoms. The molecule has 2 N–H and O–H groups in total. The molecule has 0 aliphatic heterocycles. The molecule has 90 valence electrons. The number of rotatable bonds is 7. The van der Waals surface area contributed by atoms with Gasteiger partial charge in [-0.15, -0.1) is 0 Å². The van der Waals surface area contributed by atoms with Crippen LogP contribution in [0.1, 0.15) is 45.1 Å². The Morgan fingerprint density at radius 2 is 2.06 bits per heavy atom. The van der Waals surface area contributed by atoms with Gasteiger partial charge in [0.2, 0.25) is 5.91 Å². The first-order valence-corrected chi connectivity index (χ1v) is 6.17. The molecule has 1 aromatic heterocycles. The van der Waals surface area contributed by atoms with Crippen LogP contribution in [0.2, 0.25) is 0 Å². The summed E-state index contributed by atoms with van der Waals surface area (Å²) in [7, 11) is 0. The number of hydrogen-bond acceptors (Lipinski definition) is 1. The Morgan fingerprint density at radius 1 is 1.38 bits per heavy atom. The van der Waals surface area contributed by atoms with Gasteiger partial charge in [-0.2, -0.15) is 0 Å². The quantitative estimate of drug-likeness (QED) is 0.732. The second-order valence-corrected chi connectivity index (χ2v) is 4.21. The van der Waals surface area contributed by atoms with E-state index in [0.717, 1.165) is 31.2 Å². The third-order valence-corrected chi connectivity index (χ3v) is 2.77. The zero-order valence-corrected chi connectivity index (χ0v) is 10.3. The molecule has 0 unspecified atom stereocenters. The zero-order valence-electron chi connectivity index (χ0n) is 10.3. The van der Waals surface area contributed by atoms with Gasteiger partial charge in [0, 0.05) is 24.9 Å². The Bertz CT molecular complexity index is 287. The van der Waals surface area contributed by atoms with Crippen molar-refractivity contribution in [3.05, 3.63) is 24.0 Å². The van der Waals surface area contributed by atoms with Crippen molar-refractivity contribution in [1.29, 1.82) is 0 Å². The Labute approximate surface area is 97.6 Å². The molecule has 0 atom stereocenters. The third kappa shape index (κ3) is 4.09. The van der Waals surface area contributed by atoms with Gasteiger partial charge in [0.15, 0.2) is 0 Å². The molecule has 1 heterocycles. The highest BCUT2D eigenvalue weighted by Crippen LogP contribution is 2.13. The van der Waals surface area contributed by atoms with E-state index in [1.54, 1.807) is 0 Å². The van der Waals surface area contributed by atoms with Crippen molar-refractivity contribution in [2.45, 2.75) is 46.1 Å². The minimum atomic E-state index is 0.189. The number of H-pyrrole nitrogens is 1. The lowest BCUT2D eigenvalue weighted by molar-refractivity contribution is -0.125. The van der Waals surface area contributed by atoms with Gasteiger partial charge in [-0.3, -0.25) is 4.79 Å². The maximum absolute atomic E-state index is 11.9. The van der Waals surface area contributed by atoms with Crippen molar-refractivity contribution in [2.24, 2.45) is 5.92 Å². The van der Waals surface area contributed by atoms with Crippen molar-refractivity contribution < 1.29 is 4.79 Å². The van der Waals surface area contributed by atoms with E-state index in [4.69, 9.17) is 0 Å². The van der Waals surface area contributed by atoms with Gasteiger partial charge >= 0.3 is 0 Å². The maximum Gasteiger partial charge on any atom is 0.223 e. The lowest BCUT2D eigenvalue weighted by Gasteiger charge is -2.14. The molecule has 1 amide bonds. The van der Waals surface area contributed by atoms with Gasteiger partial charge in [0.1, 0.15) is 0 Å². The van der Waals surface area contributed by atoms with Crippen LogP contribution in [0.4, 0.5) is 0 Å². The summed E-state index contributed by atoms with van der Waals surface area (Å²) in [6, 6.07) is 1.98. The van der Waals surface area contributed by atoms with Crippen LogP contribution in [0.25, 0.3) is 0 Å². The molecule has 0 radical (unpaired) electrons. The van der Waals surface area contributed by atoms with Crippen LogP contribution in [0.15, 0.2) is 18.5 Å². The van der Waals surface area contributed by atoms with Crippen LogP contribution >= 0.6 is 0 Å². The maximum atomic E-state index is 11.9. The van der Waals surface area contributed by atoms with Gasteiger partial charge in [0.05, 0.1) is 0 Å². The zero-order chi connectivity index (χ0) is 11.8. The number of aromatic amines is 1. The molecule has 1 aromatic rings. The van der Waals surface area contributed by atoms with E-state index >= 15 is 0 Å². The summed E-state index contributed by atoms with van der Waals surface area (Å²) in [5.74, 6) is 0.388. The van der Waals surface area contributed by atoms with Crippen LogP contribution in [0, 0.1) is 5.92 Å². The molecular weight excluding hydrogens is 200 g/mol. The topological polar surface area (TPSA) is 44.9 Å². The predicted octanol–water partition coefficient (Wildman–Crippen LogP) is 2.85. The fourth-order valence-electron chi connectivity index (χ4n) is 1.91. The third-order valence-electron chi connectivity index (χ3n) is 2.77. The normalized spacial score (nSPS) is 10.7. The first-order chi connectivity index (χ1) is 7.77. The summed E-state index contributed by atoms with van der Waals surface area (Å²) >= 11 is 0. The summed E-state index contributed by atoms with van der Waals surface area (Å²) in [5, 5.41) is 3.00.